The van der Waals surface area contributed by atoms with E-state index in [1.807, 2.05) is 25.1 Å². The lowest BCUT2D eigenvalue weighted by Crippen LogP contribution is -2.23. The molecule has 0 bridgehead atoms. The summed E-state index contributed by atoms with van der Waals surface area (Å²) >= 11 is 0. The normalized spacial score (nSPS) is 12.3. The van der Waals surface area contributed by atoms with Gasteiger partial charge in [-0.05, 0) is 36.8 Å². The molecule has 29 heavy (non-hydrogen) atoms. The summed E-state index contributed by atoms with van der Waals surface area (Å²) in [4.78, 5) is 13.6. The number of benzene rings is 2. The molecule has 3 rings (SSSR count). The average Bonchev–Trinajstić information content (AvgIpc) is 2.93. The van der Waals surface area contributed by atoms with E-state index in [2.05, 4.69) is 10.3 Å². The maximum atomic E-state index is 12.7. The topological polar surface area (TPSA) is 107 Å². The van der Waals surface area contributed by atoms with Gasteiger partial charge in [0, 0.05) is 13.1 Å². The zero-order chi connectivity index (χ0) is 21.6. The average molecular weight is 428 g/mol. The number of hydrogen-bond donors (Lipinski definition) is 1. The molecule has 1 aromatic heterocycles. The van der Waals surface area contributed by atoms with Crippen LogP contribution in [0.3, 0.4) is 0 Å². The SMILES string of the molecule is Cc1ccc2c(c1)nc(CNc1ccc(S(=O)(=O)C(F)(F)F)cc1[N+](=O)[O-])n2C. The van der Waals surface area contributed by atoms with Gasteiger partial charge in [0.1, 0.15) is 11.5 Å². The van der Waals surface area contributed by atoms with Crippen molar-refractivity contribution in [3.05, 3.63) is 57.9 Å². The number of nitrogens with one attached hydrogen (secondary N) is 1. The van der Waals surface area contributed by atoms with Crippen molar-refractivity contribution < 1.29 is 26.5 Å². The maximum Gasteiger partial charge on any atom is 0.501 e. The fourth-order valence-electron chi connectivity index (χ4n) is 2.80. The van der Waals surface area contributed by atoms with Crippen LogP contribution in [0.15, 0.2) is 41.3 Å². The van der Waals surface area contributed by atoms with Crippen LogP contribution < -0.4 is 5.32 Å². The molecular weight excluding hydrogens is 413 g/mol. The van der Waals surface area contributed by atoms with Crippen LogP contribution in [-0.2, 0) is 23.4 Å². The molecule has 0 aliphatic rings. The Bertz CT molecular complexity index is 1220. The number of sulfone groups is 1. The Balaban J connectivity index is 1.94. The highest BCUT2D eigenvalue weighted by Gasteiger charge is 2.47. The molecular formula is C17H15F3N4O4S. The van der Waals surface area contributed by atoms with E-state index >= 15 is 0 Å². The van der Waals surface area contributed by atoms with E-state index in [1.54, 1.807) is 11.6 Å². The molecule has 1 N–H and O–H groups in total. The Kier molecular flexibility index (Phi) is 4.99. The Morgan fingerprint density at radius 3 is 2.52 bits per heavy atom. The summed E-state index contributed by atoms with van der Waals surface area (Å²) < 4.78 is 62.9. The molecule has 0 aliphatic carbocycles. The van der Waals surface area contributed by atoms with Crippen molar-refractivity contribution in [3.63, 3.8) is 0 Å². The van der Waals surface area contributed by atoms with Crippen LogP contribution in [0.25, 0.3) is 11.0 Å². The van der Waals surface area contributed by atoms with Gasteiger partial charge in [0.25, 0.3) is 15.5 Å². The minimum atomic E-state index is -5.69. The molecule has 0 saturated carbocycles. The number of nitro benzene ring substituents is 1. The number of nitro groups is 1. The summed E-state index contributed by atoms with van der Waals surface area (Å²) in [6.45, 7) is 1.95. The molecule has 154 valence electrons. The van der Waals surface area contributed by atoms with Gasteiger partial charge in [-0.1, -0.05) is 6.07 Å². The van der Waals surface area contributed by atoms with Crippen LogP contribution in [0, 0.1) is 17.0 Å². The van der Waals surface area contributed by atoms with Crippen LogP contribution in [0.5, 0.6) is 0 Å². The second-order valence-corrected chi connectivity index (χ2v) is 8.26. The fourth-order valence-corrected chi connectivity index (χ4v) is 3.59. The molecule has 0 unspecified atom stereocenters. The largest absolute Gasteiger partial charge is 0.501 e. The first-order valence-electron chi connectivity index (χ1n) is 8.17. The Hall–Kier alpha value is -3.15. The first kappa shape index (κ1) is 20.6. The Morgan fingerprint density at radius 2 is 1.90 bits per heavy atom. The lowest BCUT2D eigenvalue weighted by atomic mass is 10.2. The minimum Gasteiger partial charge on any atom is -0.372 e. The standard InChI is InChI=1S/C17H15F3N4O4S/c1-10-3-6-14-13(7-10)22-16(23(14)2)9-21-12-5-4-11(8-15(12)24(25)26)29(27,28)17(18,19)20/h3-8,21H,9H2,1-2H3. The van der Waals surface area contributed by atoms with E-state index in [-0.39, 0.29) is 12.2 Å². The predicted octanol–water partition coefficient (Wildman–Crippen LogP) is 3.70. The third-order valence-electron chi connectivity index (χ3n) is 4.35. The number of alkyl halides is 3. The van der Waals surface area contributed by atoms with Gasteiger partial charge < -0.3 is 9.88 Å². The van der Waals surface area contributed by atoms with E-state index in [1.165, 1.54) is 0 Å². The summed E-state index contributed by atoms with van der Waals surface area (Å²) in [7, 11) is -3.93. The lowest BCUT2D eigenvalue weighted by molar-refractivity contribution is -0.384. The lowest BCUT2D eigenvalue weighted by Gasteiger charge is -2.11. The molecule has 0 fully saturated rings. The van der Waals surface area contributed by atoms with Gasteiger partial charge in [-0.2, -0.15) is 13.2 Å². The van der Waals surface area contributed by atoms with Crippen molar-refractivity contribution in [3.8, 4) is 0 Å². The van der Waals surface area contributed by atoms with E-state index in [4.69, 9.17) is 0 Å². The summed E-state index contributed by atoms with van der Waals surface area (Å²) in [5.41, 5.74) is -3.89. The van der Waals surface area contributed by atoms with E-state index < -0.39 is 30.9 Å². The molecule has 2 aromatic carbocycles. The van der Waals surface area contributed by atoms with E-state index in [9.17, 15) is 31.7 Å². The number of anilines is 1. The number of rotatable bonds is 5. The van der Waals surface area contributed by atoms with Crippen LogP contribution in [-0.4, -0.2) is 28.4 Å². The van der Waals surface area contributed by atoms with Gasteiger partial charge in [-0.3, -0.25) is 10.1 Å². The fraction of sp³-hybridized carbons (Fsp3) is 0.235. The van der Waals surface area contributed by atoms with Gasteiger partial charge in [0.15, 0.2) is 0 Å². The minimum absolute atomic E-state index is 0.0381. The van der Waals surface area contributed by atoms with Crippen molar-refractivity contribution in [1.29, 1.82) is 0 Å². The van der Waals surface area contributed by atoms with Gasteiger partial charge >= 0.3 is 5.51 Å². The van der Waals surface area contributed by atoms with Crippen molar-refractivity contribution >= 4 is 32.2 Å². The van der Waals surface area contributed by atoms with Crippen LogP contribution in [0.4, 0.5) is 24.5 Å². The Morgan fingerprint density at radius 1 is 1.21 bits per heavy atom. The van der Waals surface area contributed by atoms with Crippen molar-refractivity contribution in [2.24, 2.45) is 7.05 Å². The summed E-state index contributed by atoms with van der Waals surface area (Å²) in [6, 6.07) is 7.66. The smallest absolute Gasteiger partial charge is 0.372 e. The maximum absolute atomic E-state index is 12.7. The number of imidazole rings is 1. The second-order valence-electron chi connectivity index (χ2n) is 6.32. The molecule has 12 heteroatoms. The molecule has 0 aliphatic heterocycles. The quantitative estimate of drug-likeness (QED) is 0.491. The third-order valence-corrected chi connectivity index (χ3v) is 5.83. The zero-order valence-corrected chi connectivity index (χ0v) is 16.0. The number of fused-ring (bicyclic) bond motifs is 1. The first-order valence-corrected chi connectivity index (χ1v) is 9.66. The van der Waals surface area contributed by atoms with E-state index in [0.29, 0.717) is 18.0 Å². The molecule has 0 amide bonds. The van der Waals surface area contributed by atoms with Crippen molar-refractivity contribution in [2.45, 2.75) is 23.9 Å². The number of nitrogens with zero attached hydrogens (tertiary/aromatic N) is 3. The second kappa shape index (κ2) is 7.03. The van der Waals surface area contributed by atoms with Crippen LogP contribution in [0.1, 0.15) is 11.4 Å². The molecule has 0 radical (unpaired) electrons. The van der Waals surface area contributed by atoms with Gasteiger partial charge in [-0.15, -0.1) is 0 Å². The number of hydrogen-bond acceptors (Lipinski definition) is 6. The van der Waals surface area contributed by atoms with Crippen molar-refractivity contribution in [2.75, 3.05) is 5.32 Å². The summed E-state index contributed by atoms with van der Waals surface area (Å²) in [6.07, 6.45) is 0. The number of aryl methyl sites for hydroxylation is 2. The predicted molar refractivity (Wildman–Crippen MR) is 99.1 cm³/mol. The molecule has 1 heterocycles. The van der Waals surface area contributed by atoms with Crippen molar-refractivity contribution in [1.82, 2.24) is 9.55 Å². The third kappa shape index (κ3) is 3.75. The molecule has 0 spiro atoms. The molecule has 3 aromatic rings. The highest BCUT2D eigenvalue weighted by molar-refractivity contribution is 7.92. The highest BCUT2D eigenvalue weighted by Crippen LogP contribution is 2.34. The van der Waals surface area contributed by atoms with Crippen LogP contribution >= 0.6 is 0 Å². The first-order chi connectivity index (χ1) is 13.4. The van der Waals surface area contributed by atoms with E-state index in [0.717, 1.165) is 22.7 Å². The van der Waals surface area contributed by atoms with Crippen LogP contribution in [0.2, 0.25) is 0 Å². The van der Waals surface area contributed by atoms with Gasteiger partial charge in [-0.25, -0.2) is 13.4 Å². The highest BCUT2D eigenvalue weighted by atomic mass is 32.2. The van der Waals surface area contributed by atoms with Gasteiger partial charge in [0.2, 0.25) is 0 Å². The molecule has 8 nitrogen and oxygen atoms in total. The number of aromatic nitrogens is 2. The molecule has 0 atom stereocenters. The monoisotopic (exact) mass is 428 g/mol. The Labute approximate surface area is 163 Å². The zero-order valence-electron chi connectivity index (χ0n) is 15.2. The summed E-state index contributed by atoms with van der Waals surface area (Å²) in [5, 5.41) is 14.0. The molecule has 0 saturated heterocycles. The van der Waals surface area contributed by atoms with Gasteiger partial charge in [0.05, 0.1) is 27.4 Å². The summed E-state index contributed by atoms with van der Waals surface area (Å²) in [5.74, 6) is 0.534. The number of halogens is 3.